The van der Waals surface area contributed by atoms with Gasteiger partial charge in [-0.05, 0) is 24.3 Å². The molecular weight excluding hydrogens is 331 g/mol. The third kappa shape index (κ3) is 4.09. The minimum atomic E-state index is -0.889. The SMILES string of the molecule is O=C(COC(=O)c1cccc[n+]1[O-])Nc1ccc(Cl)c(Cl)c1. The molecular formula is C14H10Cl2N2O4. The van der Waals surface area contributed by atoms with Crippen LogP contribution in [0.1, 0.15) is 10.5 Å². The van der Waals surface area contributed by atoms with Crippen molar-refractivity contribution in [3.8, 4) is 0 Å². The van der Waals surface area contributed by atoms with Crippen molar-refractivity contribution in [2.75, 3.05) is 11.9 Å². The van der Waals surface area contributed by atoms with E-state index in [4.69, 9.17) is 27.9 Å². The molecule has 0 aliphatic carbocycles. The van der Waals surface area contributed by atoms with E-state index >= 15 is 0 Å². The molecule has 0 unspecified atom stereocenters. The van der Waals surface area contributed by atoms with Gasteiger partial charge >= 0.3 is 11.7 Å². The molecule has 0 aliphatic heterocycles. The van der Waals surface area contributed by atoms with Crippen molar-refractivity contribution in [3.63, 3.8) is 0 Å². The summed E-state index contributed by atoms with van der Waals surface area (Å²) in [4.78, 5) is 23.3. The minimum Gasteiger partial charge on any atom is -0.618 e. The fourth-order valence-corrected chi connectivity index (χ4v) is 1.86. The third-order valence-corrected chi connectivity index (χ3v) is 3.31. The first-order valence-corrected chi connectivity index (χ1v) is 6.83. The Balaban J connectivity index is 1.91. The quantitative estimate of drug-likeness (QED) is 0.526. The van der Waals surface area contributed by atoms with Crippen LogP contribution in [0.25, 0.3) is 0 Å². The Labute approximate surface area is 135 Å². The molecule has 2 rings (SSSR count). The molecule has 22 heavy (non-hydrogen) atoms. The zero-order valence-corrected chi connectivity index (χ0v) is 12.6. The monoisotopic (exact) mass is 340 g/mol. The van der Waals surface area contributed by atoms with E-state index in [9.17, 15) is 14.8 Å². The van der Waals surface area contributed by atoms with Crippen LogP contribution in [-0.2, 0) is 9.53 Å². The van der Waals surface area contributed by atoms with E-state index in [-0.39, 0.29) is 10.7 Å². The predicted molar refractivity (Wildman–Crippen MR) is 80.8 cm³/mol. The van der Waals surface area contributed by atoms with Gasteiger partial charge in [-0.1, -0.05) is 23.2 Å². The van der Waals surface area contributed by atoms with Crippen molar-refractivity contribution in [1.29, 1.82) is 0 Å². The Bertz CT molecular complexity index is 722. The second-order valence-electron chi connectivity index (χ2n) is 4.16. The molecule has 8 heteroatoms. The van der Waals surface area contributed by atoms with Crippen LogP contribution in [0, 0.1) is 5.21 Å². The first-order valence-electron chi connectivity index (χ1n) is 6.07. The molecule has 6 nitrogen and oxygen atoms in total. The van der Waals surface area contributed by atoms with E-state index < -0.39 is 18.5 Å². The molecule has 1 amide bonds. The van der Waals surface area contributed by atoms with E-state index in [2.05, 4.69) is 5.32 Å². The smallest absolute Gasteiger partial charge is 0.405 e. The molecule has 0 spiro atoms. The predicted octanol–water partition coefficient (Wildman–Crippen LogP) is 2.42. The standard InChI is InChI=1S/C14H10Cl2N2O4/c15-10-5-4-9(7-11(10)16)17-13(19)8-22-14(20)12-3-1-2-6-18(12)21/h1-7H,8H2,(H,17,19). The second-order valence-corrected chi connectivity index (χ2v) is 4.98. The van der Waals surface area contributed by atoms with Gasteiger partial charge in [-0.2, -0.15) is 4.73 Å². The lowest BCUT2D eigenvalue weighted by atomic mass is 10.3. The second kappa shape index (κ2) is 7.11. The van der Waals surface area contributed by atoms with Crippen LogP contribution < -0.4 is 10.0 Å². The van der Waals surface area contributed by atoms with E-state index in [1.165, 1.54) is 30.3 Å². The molecule has 0 saturated heterocycles. The number of anilines is 1. The number of hydrogen-bond donors (Lipinski definition) is 1. The number of aromatic nitrogens is 1. The lowest BCUT2D eigenvalue weighted by Crippen LogP contribution is -2.35. The molecule has 2 aromatic rings. The van der Waals surface area contributed by atoms with Crippen LogP contribution in [-0.4, -0.2) is 18.5 Å². The Kier molecular flexibility index (Phi) is 5.19. The first kappa shape index (κ1) is 16.1. The molecule has 114 valence electrons. The molecule has 0 fully saturated rings. The highest BCUT2D eigenvalue weighted by Gasteiger charge is 2.18. The number of rotatable bonds is 4. The van der Waals surface area contributed by atoms with Gasteiger partial charge in [0.1, 0.15) is 0 Å². The van der Waals surface area contributed by atoms with Gasteiger partial charge < -0.3 is 15.3 Å². The number of benzene rings is 1. The Morgan fingerprint density at radius 2 is 1.95 bits per heavy atom. The topological polar surface area (TPSA) is 82.3 Å². The van der Waals surface area contributed by atoms with E-state index in [0.717, 1.165) is 6.20 Å². The fraction of sp³-hybridized carbons (Fsp3) is 0.0714. The summed E-state index contributed by atoms with van der Waals surface area (Å²) in [6.07, 6.45) is 1.16. The minimum absolute atomic E-state index is 0.204. The van der Waals surface area contributed by atoms with Gasteiger partial charge in [0.15, 0.2) is 12.8 Å². The zero-order valence-electron chi connectivity index (χ0n) is 11.1. The fourth-order valence-electron chi connectivity index (χ4n) is 1.56. The van der Waals surface area contributed by atoms with Gasteiger partial charge in [0, 0.05) is 17.8 Å². The van der Waals surface area contributed by atoms with Crippen molar-refractivity contribution in [1.82, 2.24) is 0 Å². The average molecular weight is 341 g/mol. The van der Waals surface area contributed by atoms with Crippen LogP contribution in [0.5, 0.6) is 0 Å². The van der Waals surface area contributed by atoms with E-state index in [1.54, 1.807) is 6.07 Å². The number of halogens is 2. The van der Waals surface area contributed by atoms with Gasteiger partial charge in [0.05, 0.1) is 10.0 Å². The summed E-state index contributed by atoms with van der Waals surface area (Å²) in [5.41, 5.74) is 0.207. The molecule has 0 aliphatic rings. The van der Waals surface area contributed by atoms with Gasteiger partial charge in [0.2, 0.25) is 0 Å². The lowest BCUT2D eigenvalue weighted by Gasteiger charge is -2.07. The number of carbonyl (C=O) groups excluding carboxylic acids is 2. The van der Waals surface area contributed by atoms with Crippen LogP contribution in [0.3, 0.4) is 0 Å². The average Bonchev–Trinajstić information content (AvgIpc) is 2.49. The van der Waals surface area contributed by atoms with Gasteiger partial charge in [-0.15, -0.1) is 0 Å². The van der Waals surface area contributed by atoms with Crippen molar-refractivity contribution in [3.05, 3.63) is 63.5 Å². The highest BCUT2D eigenvalue weighted by Crippen LogP contribution is 2.24. The van der Waals surface area contributed by atoms with E-state index in [0.29, 0.717) is 15.4 Å². The number of amides is 1. The molecule has 0 bridgehead atoms. The van der Waals surface area contributed by atoms with Crippen LogP contribution in [0.4, 0.5) is 5.69 Å². The summed E-state index contributed by atoms with van der Waals surface area (Å²) in [6.45, 7) is -0.534. The van der Waals surface area contributed by atoms with Crippen LogP contribution in [0.15, 0.2) is 42.6 Å². The Morgan fingerprint density at radius 3 is 2.64 bits per heavy atom. The van der Waals surface area contributed by atoms with E-state index in [1.807, 2.05) is 0 Å². The Morgan fingerprint density at radius 1 is 1.18 bits per heavy atom. The highest BCUT2D eigenvalue weighted by molar-refractivity contribution is 6.42. The number of pyridine rings is 1. The maximum atomic E-state index is 11.7. The maximum Gasteiger partial charge on any atom is 0.405 e. The first-order chi connectivity index (χ1) is 10.5. The van der Waals surface area contributed by atoms with Crippen molar-refractivity contribution < 1.29 is 19.1 Å². The number of esters is 1. The molecule has 0 saturated carbocycles. The van der Waals surface area contributed by atoms with Crippen molar-refractivity contribution in [2.24, 2.45) is 0 Å². The summed E-state index contributed by atoms with van der Waals surface area (Å²) in [5, 5.41) is 14.5. The Hall–Kier alpha value is -2.31. The maximum absolute atomic E-state index is 11.7. The van der Waals surface area contributed by atoms with Crippen LogP contribution in [0.2, 0.25) is 10.0 Å². The van der Waals surface area contributed by atoms with Gasteiger partial charge in [-0.25, -0.2) is 4.79 Å². The summed E-state index contributed by atoms with van der Waals surface area (Å²) < 4.78 is 5.13. The number of carbonyl (C=O) groups is 2. The number of ether oxygens (including phenoxy) is 1. The van der Waals surface area contributed by atoms with Crippen molar-refractivity contribution in [2.45, 2.75) is 0 Å². The zero-order chi connectivity index (χ0) is 16.1. The molecule has 1 aromatic carbocycles. The van der Waals surface area contributed by atoms with Crippen molar-refractivity contribution >= 4 is 40.8 Å². The molecule has 0 radical (unpaired) electrons. The van der Waals surface area contributed by atoms with Crippen LogP contribution >= 0.6 is 23.2 Å². The number of nitrogens with zero attached hydrogens (tertiary/aromatic N) is 1. The van der Waals surface area contributed by atoms with Gasteiger partial charge in [-0.3, -0.25) is 4.79 Å². The number of hydrogen-bond acceptors (Lipinski definition) is 4. The summed E-state index contributed by atoms with van der Waals surface area (Å²) in [5.74, 6) is -1.46. The highest BCUT2D eigenvalue weighted by atomic mass is 35.5. The third-order valence-electron chi connectivity index (χ3n) is 2.57. The van der Waals surface area contributed by atoms with Gasteiger partial charge in [0.25, 0.3) is 5.91 Å². The molecule has 1 aromatic heterocycles. The number of nitrogens with one attached hydrogen (secondary N) is 1. The summed E-state index contributed by atoms with van der Waals surface area (Å²) >= 11 is 11.6. The lowest BCUT2D eigenvalue weighted by molar-refractivity contribution is -0.608. The normalized spacial score (nSPS) is 10.1. The summed E-state index contributed by atoms with van der Waals surface area (Å²) in [7, 11) is 0. The molecule has 1 N–H and O–H groups in total. The summed E-state index contributed by atoms with van der Waals surface area (Å²) in [6, 6.07) is 8.83. The largest absolute Gasteiger partial charge is 0.618 e. The molecule has 0 atom stereocenters. The molecule has 1 heterocycles.